The Hall–Kier alpha value is -1.89. The van der Waals surface area contributed by atoms with E-state index in [0.717, 1.165) is 5.56 Å². The first-order chi connectivity index (χ1) is 10.3. The molecule has 0 aromatic carbocycles. The van der Waals surface area contributed by atoms with Crippen LogP contribution >= 0.6 is 0 Å². The number of hydrogen-bond donors (Lipinski definition) is 1. The molecule has 122 valence electrons. The molecule has 22 heavy (non-hydrogen) atoms. The quantitative estimate of drug-likeness (QED) is 0.867. The lowest BCUT2D eigenvalue weighted by Gasteiger charge is -2.37. The summed E-state index contributed by atoms with van der Waals surface area (Å²) < 4.78 is 6.78. The van der Waals surface area contributed by atoms with Crippen molar-refractivity contribution >= 4 is 11.8 Å². The van der Waals surface area contributed by atoms with Crippen molar-refractivity contribution in [1.29, 1.82) is 0 Å². The maximum Gasteiger partial charge on any atom is 0.224 e. The lowest BCUT2D eigenvalue weighted by atomic mass is 9.93. The fourth-order valence-electron chi connectivity index (χ4n) is 3.00. The zero-order valence-electron chi connectivity index (χ0n) is 13.6. The summed E-state index contributed by atoms with van der Waals surface area (Å²) in [5.41, 5.74) is 5.96. The van der Waals surface area contributed by atoms with Gasteiger partial charge in [0.25, 0.3) is 0 Å². The van der Waals surface area contributed by atoms with E-state index in [1.165, 1.54) is 0 Å². The molecule has 1 aromatic rings. The molecular weight excluding hydrogens is 284 g/mol. The van der Waals surface area contributed by atoms with Crippen molar-refractivity contribution in [3.05, 3.63) is 18.0 Å². The molecule has 0 unspecified atom stereocenters. The summed E-state index contributed by atoms with van der Waals surface area (Å²) >= 11 is 0. The van der Waals surface area contributed by atoms with Gasteiger partial charge in [-0.05, 0) is 20.8 Å². The lowest BCUT2D eigenvalue weighted by molar-refractivity contribution is -0.133. The Kier molecular flexibility index (Phi) is 4.55. The maximum atomic E-state index is 12.4. The molecule has 1 aromatic heterocycles. The van der Waals surface area contributed by atoms with E-state index < -0.39 is 11.8 Å². The minimum absolute atomic E-state index is 0.0501. The van der Waals surface area contributed by atoms with Crippen LogP contribution in [0.4, 0.5) is 0 Å². The molecule has 0 aliphatic carbocycles. The standard InChI is InChI=1S/C15H24N4O3/c1-15(2,3)19-12(20)7-11(14(16)21)13(19)10-8-17-18(9-10)5-6-22-4/h8-9,11,13H,5-7H2,1-4H3,(H2,16,21)/t11-,13+/m0/s1. The third-order valence-electron chi connectivity index (χ3n) is 3.93. The van der Waals surface area contributed by atoms with E-state index in [-0.39, 0.29) is 23.9 Å². The summed E-state index contributed by atoms with van der Waals surface area (Å²) in [5.74, 6) is -1.02. The predicted octanol–water partition coefficient (Wildman–Crippen LogP) is 0.703. The Morgan fingerprint density at radius 2 is 2.18 bits per heavy atom. The first-order valence-electron chi connectivity index (χ1n) is 7.38. The van der Waals surface area contributed by atoms with Crippen molar-refractivity contribution in [2.75, 3.05) is 13.7 Å². The second-order valence-electron chi connectivity index (χ2n) is 6.62. The van der Waals surface area contributed by atoms with Gasteiger partial charge in [-0.2, -0.15) is 5.10 Å². The van der Waals surface area contributed by atoms with Crippen LogP contribution in [0, 0.1) is 5.92 Å². The number of ether oxygens (including phenoxy) is 1. The molecule has 0 bridgehead atoms. The number of nitrogens with two attached hydrogens (primary N) is 1. The lowest BCUT2D eigenvalue weighted by Crippen LogP contribution is -2.44. The summed E-state index contributed by atoms with van der Waals surface area (Å²) in [4.78, 5) is 25.9. The van der Waals surface area contributed by atoms with Crippen molar-refractivity contribution in [2.24, 2.45) is 11.7 Å². The minimum atomic E-state index is -0.521. The number of methoxy groups -OCH3 is 1. The SMILES string of the molecule is COCCn1cc([C@@H]2[C@@H](C(N)=O)CC(=O)N2C(C)(C)C)cn1. The number of primary amides is 1. The third-order valence-corrected chi connectivity index (χ3v) is 3.93. The number of amides is 2. The Balaban J connectivity index is 2.35. The molecule has 1 fully saturated rings. The van der Waals surface area contributed by atoms with Gasteiger partial charge >= 0.3 is 0 Å². The molecule has 0 spiro atoms. The Morgan fingerprint density at radius 3 is 2.73 bits per heavy atom. The van der Waals surface area contributed by atoms with E-state index in [1.54, 1.807) is 22.9 Å². The van der Waals surface area contributed by atoms with Crippen LogP contribution in [-0.4, -0.2) is 45.8 Å². The highest BCUT2D eigenvalue weighted by Gasteiger charge is 2.48. The average molecular weight is 308 g/mol. The highest BCUT2D eigenvalue weighted by molar-refractivity contribution is 5.90. The summed E-state index contributed by atoms with van der Waals surface area (Å²) in [6, 6.07) is -0.360. The Labute approximate surface area is 130 Å². The van der Waals surface area contributed by atoms with E-state index in [4.69, 9.17) is 10.5 Å². The third kappa shape index (κ3) is 3.14. The van der Waals surface area contributed by atoms with E-state index in [0.29, 0.717) is 13.2 Å². The Morgan fingerprint density at radius 1 is 1.50 bits per heavy atom. The van der Waals surface area contributed by atoms with E-state index >= 15 is 0 Å². The number of carbonyl (C=O) groups excluding carboxylic acids is 2. The summed E-state index contributed by atoms with van der Waals surface area (Å²) in [5, 5.41) is 4.28. The van der Waals surface area contributed by atoms with Gasteiger partial charge in [-0.15, -0.1) is 0 Å². The zero-order chi connectivity index (χ0) is 16.5. The number of rotatable bonds is 5. The van der Waals surface area contributed by atoms with Gasteiger partial charge in [-0.3, -0.25) is 14.3 Å². The van der Waals surface area contributed by atoms with Crippen molar-refractivity contribution in [3.8, 4) is 0 Å². The van der Waals surface area contributed by atoms with Crippen LogP contribution in [-0.2, 0) is 20.9 Å². The first-order valence-corrected chi connectivity index (χ1v) is 7.38. The maximum absolute atomic E-state index is 12.4. The highest BCUT2D eigenvalue weighted by Crippen LogP contribution is 2.42. The van der Waals surface area contributed by atoms with Gasteiger partial charge in [0.2, 0.25) is 11.8 Å². The van der Waals surface area contributed by atoms with Crippen LogP contribution in [0.1, 0.15) is 38.8 Å². The smallest absolute Gasteiger partial charge is 0.224 e. The molecule has 2 amide bonds. The van der Waals surface area contributed by atoms with Gasteiger partial charge in [-0.25, -0.2) is 0 Å². The molecule has 7 heteroatoms. The Bertz CT molecular complexity index is 561. The predicted molar refractivity (Wildman–Crippen MR) is 80.7 cm³/mol. The van der Waals surface area contributed by atoms with E-state index in [9.17, 15) is 9.59 Å². The fraction of sp³-hybridized carbons (Fsp3) is 0.667. The minimum Gasteiger partial charge on any atom is -0.383 e. The average Bonchev–Trinajstić information content (AvgIpc) is 2.99. The van der Waals surface area contributed by atoms with Gasteiger partial charge < -0.3 is 15.4 Å². The molecule has 2 atom stereocenters. The topological polar surface area (TPSA) is 90.4 Å². The van der Waals surface area contributed by atoms with E-state index in [1.807, 2.05) is 27.0 Å². The van der Waals surface area contributed by atoms with Gasteiger partial charge in [0.15, 0.2) is 0 Å². The van der Waals surface area contributed by atoms with E-state index in [2.05, 4.69) is 5.10 Å². The first kappa shape index (κ1) is 16.5. The summed E-state index contributed by atoms with van der Waals surface area (Å²) in [6.45, 7) is 7.03. The second-order valence-corrected chi connectivity index (χ2v) is 6.62. The molecule has 2 heterocycles. The number of nitrogens with zero attached hydrogens (tertiary/aromatic N) is 3. The number of aromatic nitrogens is 2. The summed E-state index contributed by atoms with van der Waals surface area (Å²) in [6.07, 6.45) is 3.71. The van der Waals surface area contributed by atoms with Gasteiger partial charge in [-0.1, -0.05) is 0 Å². The molecule has 2 N–H and O–H groups in total. The van der Waals surface area contributed by atoms with Crippen LogP contribution in [0.25, 0.3) is 0 Å². The number of hydrogen-bond acceptors (Lipinski definition) is 4. The molecule has 1 aliphatic heterocycles. The number of carbonyl (C=O) groups is 2. The van der Waals surface area contributed by atoms with Crippen LogP contribution in [0.15, 0.2) is 12.4 Å². The molecular formula is C15H24N4O3. The van der Waals surface area contributed by atoms with Crippen molar-refractivity contribution in [3.63, 3.8) is 0 Å². The highest BCUT2D eigenvalue weighted by atomic mass is 16.5. The second kappa shape index (κ2) is 6.08. The normalized spacial score (nSPS) is 22.4. The molecule has 1 saturated heterocycles. The molecule has 0 radical (unpaired) electrons. The van der Waals surface area contributed by atoms with Crippen LogP contribution in [0.2, 0.25) is 0 Å². The molecule has 7 nitrogen and oxygen atoms in total. The van der Waals surface area contributed by atoms with Crippen LogP contribution < -0.4 is 5.73 Å². The zero-order valence-corrected chi connectivity index (χ0v) is 13.6. The largest absolute Gasteiger partial charge is 0.383 e. The summed E-state index contributed by atoms with van der Waals surface area (Å²) in [7, 11) is 1.63. The van der Waals surface area contributed by atoms with Crippen molar-refractivity contribution < 1.29 is 14.3 Å². The number of likely N-dealkylation sites (tertiary alicyclic amines) is 1. The molecule has 0 saturated carbocycles. The van der Waals surface area contributed by atoms with Crippen molar-refractivity contribution in [1.82, 2.24) is 14.7 Å². The fourth-order valence-corrected chi connectivity index (χ4v) is 3.00. The monoisotopic (exact) mass is 308 g/mol. The van der Waals surface area contributed by atoms with Gasteiger partial charge in [0.1, 0.15) is 0 Å². The van der Waals surface area contributed by atoms with Gasteiger partial charge in [0, 0.05) is 30.8 Å². The van der Waals surface area contributed by atoms with Gasteiger partial charge in [0.05, 0.1) is 31.3 Å². The van der Waals surface area contributed by atoms with Crippen LogP contribution in [0.3, 0.4) is 0 Å². The van der Waals surface area contributed by atoms with Crippen molar-refractivity contribution in [2.45, 2.75) is 45.3 Å². The molecule has 2 rings (SSSR count). The molecule has 1 aliphatic rings. The van der Waals surface area contributed by atoms with Crippen LogP contribution in [0.5, 0.6) is 0 Å².